The number of thioether (sulfide) groups is 1. The van der Waals surface area contributed by atoms with Gasteiger partial charge in [0, 0.05) is 17.3 Å². The Labute approximate surface area is 167 Å². The van der Waals surface area contributed by atoms with E-state index in [1.165, 1.54) is 16.4 Å². The van der Waals surface area contributed by atoms with Crippen LogP contribution in [0.1, 0.15) is 6.92 Å². The lowest BCUT2D eigenvalue weighted by Crippen LogP contribution is -2.23. The van der Waals surface area contributed by atoms with Crippen molar-refractivity contribution in [1.29, 1.82) is 0 Å². The van der Waals surface area contributed by atoms with Gasteiger partial charge < -0.3 is 20.6 Å². The van der Waals surface area contributed by atoms with E-state index < -0.39 is 5.25 Å². The number of aromatic nitrogens is 3. The van der Waals surface area contributed by atoms with E-state index in [2.05, 4.69) is 15.5 Å². The summed E-state index contributed by atoms with van der Waals surface area (Å²) in [5, 5.41) is 11.1. The first-order valence-electron chi connectivity index (χ1n) is 8.48. The molecule has 0 bridgehead atoms. The van der Waals surface area contributed by atoms with Crippen molar-refractivity contribution in [3.8, 4) is 22.9 Å². The van der Waals surface area contributed by atoms with Gasteiger partial charge in [-0.2, -0.15) is 0 Å². The monoisotopic (exact) mass is 399 g/mol. The molecule has 1 amide bonds. The second kappa shape index (κ2) is 8.66. The third-order valence-electron chi connectivity index (χ3n) is 4.00. The molecule has 0 aliphatic rings. The Morgan fingerprint density at radius 3 is 2.50 bits per heavy atom. The number of rotatable bonds is 7. The van der Waals surface area contributed by atoms with Crippen LogP contribution in [0.3, 0.4) is 0 Å². The number of nitrogens with zero attached hydrogens (tertiary/aromatic N) is 3. The van der Waals surface area contributed by atoms with Crippen LogP contribution < -0.4 is 20.6 Å². The van der Waals surface area contributed by atoms with Crippen LogP contribution in [-0.4, -0.2) is 40.3 Å². The maximum atomic E-state index is 12.5. The van der Waals surface area contributed by atoms with Crippen LogP contribution in [-0.2, 0) is 4.79 Å². The summed E-state index contributed by atoms with van der Waals surface area (Å²) in [7, 11) is 3.18. The number of amides is 1. The quantitative estimate of drug-likeness (QED) is 0.465. The smallest absolute Gasteiger partial charge is 0.237 e. The van der Waals surface area contributed by atoms with Crippen molar-refractivity contribution in [3.63, 3.8) is 0 Å². The van der Waals surface area contributed by atoms with Crippen LogP contribution in [0.4, 0.5) is 5.69 Å². The zero-order chi connectivity index (χ0) is 20.1. The van der Waals surface area contributed by atoms with E-state index in [0.717, 1.165) is 11.3 Å². The summed E-state index contributed by atoms with van der Waals surface area (Å²) in [5.41, 5.74) is 1.46. The predicted octanol–water partition coefficient (Wildman–Crippen LogP) is 2.80. The van der Waals surface area contributed by atoms with Gasteiger partial charge in [0.05, 0.1) is 19.5 Å². The van der Waals surface area contributed by atoms with Crippen LogP contribution in [0.15, 0.2) is 53.7 Å². The zero-order valence-corrected chi connectivity index (χ0v) is 16.6. The average Bonchev–Trinajstić information content (AvgIpc) is 3.08. The van der Waals surface area contributed by atoms with E-state index >= 15 is 0 Å². The van der Waals surface area contributed by atoms with Crippen molar-refractivity contribution >= 4 is 23.4 Å². The second-order valence-electron chi connectivity index (χ2n) is 5.89. The molecule has 3 rings (SSSR count). The Kier molecular flexibility index (Phi) is 6.05. The summed E-state index contributed by atoms with van der Waals surface area (Å²) in [6.07, 6.45) is 0. The molecule has 9 heteroatoms. The first kappa shape index (κ1) is 19.6. The number of nitrogen functional groups attached to an aromatic ring is 1. The third-order valence-corrected chi connectivity index (χ3v) is 5.06. The van der Waals surface area contributed by atoms with Gasteiger partial charge in [-0.3, -0.25) is 4.79 Å². The van der Waals surface area contributed by atoms with Gasteiger partial charge in [-0.25, -0.2) is 4.68 Å². The SMILES string of the molecule is COc1ccc(-c2nnc(SC(C)C(=O)Nc3cccc(OC)c3)n2N)cc1. The summed E-state index contributed by atoms with van der Waals surface area (Å²) in [4.78, 5) is 12.5. The molecule has 8 nitrogen and oxygen atoms in total. The van der Waals surface area contributed by atoms with Crippen LogP contribution in [0.25, 0.3) is 11.4 Å². The predicted molar refractivity (Wildman–Crippen MR) is 109 cm³/mol. The van der Waals surface area contributed by atoms with E-state index in [1.807, 2.05) is 36.4 Å². The molecular weight excluding hydrogens is 378 g/mol. The minimum atomic E-state index is -0.429. The van der Waals surface area contributed by atoms with Gasteiger partial charge in [0.1, 0.15) is 11.5 Å². The highest BCUT2D eigenvalue weighted by atomic mass is 32.2. The first-order valence-corrected chi connectivity index (χ1v) is 9.36. The highest BCUT2D eigenvalue weighted by Gasteiger charge is 2.20. The molecule has 1 unspecified atom stereocenters. The minimum absolute atomic E-state index is 0.174. The van der Waals surface area contributed by atoms with Crippen molar-refractivity contribution in [2.75, 3.05) is 25.4 Å². The van der Waals surface area contributed by atoms with Crippen molar-refractivity contribution in [1.82, 2.24) is 14.9 Å². The van der Waals surface area contributed by atoms with E-state index in [4.69, 9.17) is 15.3 Å². The molecule has 3 N–H and O–H groups in total. The highest BCUT2D eigenvalue weighted by molar-refractivity contribution is 8.00. The van der Waals surface area contributed by atoms with Crippen molar-refractivity contribution in [3.05, 3.63) is 48.5 Å². The summed E-state index contributed by atoms with van der Waals surface area (Å²) >= 11 is 1.23. The standard InChI is InChI=1S/C19H21N5O3S/c1-12(18(25)21-14-5-4-6-16(11-14)27-3)28-19-23-22-17(24(19)20)13-7-9-15(26-2)10-8-13/h4-12H,20H2,1-3H3,(H,21,25). The van der Waals surface area contributed by atoms with E-state index in [1.54, 1.807) is 33.3 Å². The van der Waals surface area contributed by atoms with Crippen molar-refractivity contribution < 1.29 is 14.3 Å². The molecular formula is C19H21N5O3S. The topological polar surface area (TPSA) is 104 Å². The summed E-state index contributed by atoms with van der Waals surface area (Å²) in [5.74, 6) is 7.88. The minimum Gasteiger partial charge on any atom is -0.497 e. The van der Waals surface area contributed by atoms with Crippen LogP contribution >= 0.6 is 11.8 Å². The molecule has 146 valence electrons. The lowest BCUT2D eigenvalue weighted by atomic mass is 10.2. The summed E-state index contributed by atoms with van der Waals surface area (Å²) in [6, 6.07) is 14.5. The second-order valence-corrected chi connectivity index (χ2v) is 7.19. The van der Waals surface area contributed by atoms with Gasteiger partial charge in [-0.05, 0) is 43.3 Å². The molecule has 0 aliphatic carbocycles. The van der Waals surface area contributed by atoms with Gasteiger partial charge in [0.15, 0.2) is 5.82 Å². The van der Waals surface area contributed by atoms with E-state index in [9.17, 15) is 4.79 Å². The Balaban J connectivity index is 1.69. The lowest BCUT2D eigenvalue weighted by Gasteiger charge is -2.12. The number of nitrogens with one attached hydrogen (secondary N) is 1. The number of hydrogen-bond donors (Lipinski definition) is 2. The van der Waals surface area contributed by atoms with Crippen molar-refractivity contribution in [2.45, 2.75) is 17.3 Å². The fraction of sp³-hybridized carbons (Fsp3) is 0.211. The first-order chi connectivity index (χ1) is 13.5. The number of anilines is 1. The highest BCUT2D eigenvalue weighted by Crippen LogP contribution is 2.27. The van der Waals surface area contributed by atoms with Crippen LogP contribution in [0.2, 0.25) is 0 Å². The van der Waals surface area contributed by atoms with Gasteiger partial charge in [0.2, 0.25) is 11.1 Å². The molecule has 0 aliphatic heterocycles. The summed E-state index contributed by atoms with van der Waals surface area (Å²) in [6.45, 7) is 1.78. The molecule has 3 aromatic rings. The molecule has 0 radical (unpaired) electrons. The van der Waals surface area contributed by atoms with Crippen molar-refractivity contribution in [2.24, 2.45) is 0 Å². The van der Waals surface area contributed by atoms with Gasteiger partial charge >= 0.3 is 0 Å². The van der Waals surface area contributed by atoms with Crippen LogP contribution in [0.5, 0.6) is 11.5 Å². The molecule has 1 heterocycles. The zero-order valence-electron chi connectivity index (χ0n) is 15.7. The Hall–Kier alpha value is -3.20. The molecule has 0 saturated heterocycles. The fourth-order valence-corrected chi connectivity index (χ4v) is 3.22. The maximum Gasteiger partial charge on any atom is 0.237 e. The number of ether oxygens (including phenoxy) is 2. The van der Waals surface area contributed by atoms with Crippen LogP contribution in [0, 0.1) is 0 Å². The molecule has 1 atom stereocenters. The fourth-order valence-electron chi connectivity index (χ4n) is 2.45. The number of methoxy groups -OCH3 is 2. The molecule has 0 fully saturated rings. The molecule has 0 spiro atoms. The van der Waals surface area contributed by atoms with E-state index in [-0.39, 0.29) is 5.91 Å². The molecule has 0 saturated carbocycles. The Bertz CT molecular complexity index is 958. The van der Waals surface area contributed by atoms with E-state index in [0.29, 0.717) is 22.4 Å². The number of benzene rings is 2. The normalized spacial score (nSPS) is 11.7. The number of carbonyl (C=O) groups excluding carboxylic acids is 1. The third kappa shape index (κ3) is 4.37. The average molecular weight is 399 g/mol. The molecule has 1 aromatic heterocycles. The maximum absolute atomic E-state index is 12.5. The number of carbonyl (C=O) groups is 1. The van der Waals surface area contributed by atoms with Gasteiger partial charge in [0.25, 0.3) is 0 Å². The number of nitrogens with two attached hydrogens (primary N) is 1. The Morgan fingerprint density at radius 2 is 1.82 bits per heavy atom. The van der Waals surface area contributed by atoms with Gasteiger partial charge in [-0.1, -0.05) is 17.8 Å². The molecule has 2 aromatic carbocycles. The molecule has 28 heavy (non-hydrogen) atoms. The number of hydrogen-bond acceptors (Lipinski definition) is 7. The van der Waals surface area contributed by atoms with Gasteiger partial charge in [-0.15, -0.1) is 10.2 Å². The largest absolute Gasteiger partial charge is 0.497 e. The summed E-state index contributed by atoms with van der Waals surface area (Å²) < 4.78 is 11.7. The lowest BCUT2D eigenvalue weighted by molar-refractivity contribution is -0.115. The Morgan fingerprint density at radius 1 is 1.11 bits per heavy atom.